The first-order valence-electron chi connectivity index (χ1n) is 5.59. The minimum absolute atomic E-state index is 0.213. The first-order chi connectivity index (χ1) is 7.95. The molecule has 1 atom stereocenters. The monoisotopic (exact) mass is 256 g/mol. The molecule has 1 unspecified atom stereocenters. The summed E-state index contributed by atoms with van der Waals surface area (Å²) < 4.78 is 11.9. The van der Waals surface area contributed by atoms with Crippen LogP contribution in [0.15, 0.2) is 24.3 Å². The van der Waals surface area contributed by atoms with Crippen molar-refractivity contribution in [1.29, 1.82) is 0 Å². The van der Waals surface area contributed by atoms with Crippen molar-refractivity contribution in [2.75, 3.05) is 6.16 Å². The van der Waals surface area contributed by atoms with Crippen molar-refractivity contribution in [1.82, 2.24) is 0 Å². The van der Waals surface area contributed by atoms with E-state index in [1.807, 2.05) is 12.1 Å². The van der Waals surface area contributed by atoms with Crippen LogP contribution in [0, 0.1) is 0 Å². The predicted molar refractivity (Wildman–Crippen MR) is 67.0 cm³/mol. The summed E-state index contributed by atoms with van der Waals surface area (Å²) in [6.45, 7) is 2.07. The van der Waals surface area contributed by atoms with Crippen LogP contribution in [-0.2, 0) is 15.8 Å². The van der Waals surface area contributed by atoms with Crippen molar-refractivity contribution >= 4 is 18.6 Å². The van der Waals surface area contributed by atoms with Crippen molar-refractivity contribution in [2.45, 2.75) is 26.2 Å². The lowest BCUT2D eigenvalue weighted by Gasteiger charge is -2.11. The number of rotatable bonds is 6. The van der Waals surface area contributed by atoms with Gasteiger partial charge in [0.2, 0.25) is 7.37 Å². The van der Waals surface area contributed by atoms with E-state index in [4.69, 9.17) is 5.11 Å². The Morgan fingerprint density at radius 2 is 1.88 bits per heavy atom. The first kappa shape index (κ1) is 13.9. The summed E-state index contributed by atoms with van der Waals surface area (Å²) in [5.41, 5.74) is 1.12. The number of hydrogen-bond donors (Lipinski definition) is 2. The lowest BCUT2D eigenvalue weighted by Crippen LogP contribution is -2.10. The predicted octanol–water partition coefficient (Wildman–Crippen LogP) is 2.01. The summed E-state index contributed by atoms with van der Waals surface area (Å²) in [6.07, 6.45) is 1.46. The van der Waals surface area contributed by atoms with Crippen molar-refractivity contribution in [2.24, 2.45) is 0 Å². The molecule has 1 rings (SSSR count). The summed E-state index contributed by atoms with van der Waals surface area (Å²) in [5, 5.41) is 8.84. The molecule has 5 heteroatoms. The molecule has 0 fully saturated rings. The third kappa shape index (κ3) is 4.33. The normalized spacial score (nSPS) is 14.2. The first-order valence-corrected chi connectivity index (χ1v) is 7.43. The van der Waals surface area contributed by atoms with Gasteiger partial charge in [0.15, 0.2) is 0 Å². The van der Waals surface area contributed by atoms with Gasteiger partial charge in [0.1, 0.15) is 0 Å². The Kier molecular flexibility index (Phi) is 4.91. The zero-order valence-corrected chi connectivity index (χ0v) is 10.7. The zero-order chi connectivity index (χ0) is 12.9. The van der Waals surface area contributed by atoms with Crippen LogP contribution in [-0.4, -0.2) is 22.1 Å². The summed E-state index contributed by atoms with van der Waals surface area (Å²) in [5.74, 6) is -1.05. The molecule has 94 valence electrons. The van der Waals surface area contributed by atoms with Crippen LogP contribution in [0.4, 0.5) is 0 Å². The highest BCUT2D eigenvalue weighted by atomic mass is 31.2. The fourth-order valence-electron chi connectivity index (χ4n) is 1.56. The van der Waals surface area contributed by atoms with Gasteiger partial charge in [-0.1, -0.05) is 25.5 Å². The molecule has 0 radical (unpaired) electrons. The Balaban J connectivity index is 2.77. The van der Waals surface area contributed by atoms with Crippen molar-refractivity contribution < 1.29 is 19.4 Å². The Hall–Kier alpha value is -1.12. The summed E-state index contributed by atoms with van der Waals surface area (Å²) in [4.78, 5) is 20.1. The maximum Gasteiger partial charge on any atom is 0.303 e. The van der Waals surface area contributed by atoms with E-state index in [0.29, 0.717) is 5.30 Å². The topological polar surface area (TPSA) is 74.6 Å². The largest absolute Gasteiger partial charge is 0.481 e. The highest BCUT2D eigenvalue weighted by molar-refractivity contribution is 7.66. The van der Waals surface area contributed by atoms with Gasteiger partial charge < -0.3 is 10.00 Å². The summed E-state index contributed by atoms with van der Waals surface area (Å²) >= 11 is 0. The van der Waals surface area contributed by atoms with E-state index in [1.54, 1.807) is 12.1 Å². The second-order valence-corrected chi connectivity index (χ2v) is 6.35. The van der Waals surface area contributed by atoms with E-state index in [-0.39, 0.29) is 12.6 Å². The molecule has 0 amide bonds. The molecule has 0 spiro atoms. The minimum Gasteiger partial charge on any atom is -0.481 e. The standard InChI is InChI=1S/C12H17O4P/c1-2-3-10-4-6-11(7-5-10)17(15,16)9-8-12(13)14/h4-7H,2-3,8-9H2,1H3,(H,13,14)(H,15,16). The van der Waals surface area contributed by atoms with Gasteiger partial charge in [-0.05, 0) is 24.1 Å². The zero-order valence-electron chi connectivity index (χ0n) is 9.80. The van der Waals surface area contributed by atoms with Crippen molar-refractivity contribution in [3.05, 3.63) is 29.8 Å². The van der Waals surface area contributed by atoms with Gasteiger partial charge >= 0.3 is 5.97 Å². The van der Waals surface area contributed by atoms with Crippen LogP contribution < -0.4 is 5.30 Å². The number of benzene rings is 1. The van der Waals surface area contributed by atoms with Crippen LogP contribution in [0.2, 0.25) is 0 Å². The van der Waals surface area contributed by atoms with E-state index in [1.165, 1.54) is 0 Å². The maximum absolute atomic E-state index is 11.9. The molecule has 4 nitrogen and oxygen atoms in total. The molecule has 1 aromatic rings. The average Bonchev–Trinajstić information content (AvgIpc) is 2.28. The van der Waals surface area contributed by atoms with Crippen LogP contribution in [0.3, 0.4) is 0 Å². The molecule has 2 N–H and O–H groups in total. The number of aliphatic carboxylic acids is 1. The van der Waals surface area contributed by atoms with Gasteiger partial charge in [0.05, 0.1) is 6.42 Å². The number of carboxylic acid groups (broad SMARTS) is 1. The van der Waals surface area contributed by atoms with Crippen molar-refractivity contribution in [3.8, 4) is 0 Å². The second-order valence-electron chi connectivity index (χ2n) is 3.99. The van der Waals surface area contributed by atoms with Crippen LogP contribution in [0.1, 0.15) is 25.3 Å². The van der Waals surface area contributed by atoms with E-state index in [9.17, 15) is 14.3 Å². The van der Waals surface area contributed by atoms with E-state index in [0.717, 1.165) is 18.4 Å². The van der Waals surface area contributed by atoms with E-state index in [2.05, 4.69) is 6.92 Å². The lowest BCUT2D eigenvalue weighted by molar-refractivity contribution is -0.136. The molecule has 0 bridgehead atoms. The molecule has 0 aliphatic carbocycles. The number of carbonyl (C=O) groups is 1. The van der Waals surface area contributed by atoms with Crippen LogP contribution in [0.5, 0.6) is 0 Å². The Bertz CT molecular complexity index is 425. The molecule has 17 heavy (non-hydrogen) atoms. The van der Waals surface area contributed by atoms with Gasteiger partial charge in [0, 0.05) is 11.5 Å². The molecule has 0 aliphatic rings. The van der Waals surface area contributed by atoms with Crippen LogP contribution >= 0.6 is 7.37 Å². The van der Waals surface area contributed by atoms with E-state index >= 15 is 0 Å². The third-order valence-electron chi connectivity index (χ3n) is 2.51. The number of carboxylic acids is 1. The number of hydrogen-bond acceptors (Lipinski definition) is 2. The van der Waals surface area contributed by atoms with Crippen LogP contribution in [0.25, 0.3) is 0 Å². The molecule has 0 saturated heterocycles. The number of aryl methyl sites for hydroxylation is 1. The molecule has 0 saturated carbocycles. The van der Waals surface area contributed by atoms with Crippen molar-refractivity contribution in [3.63, 3.8) is 0 Å². The highest BCUT2D eigenvalue weighted by Gasteiger charge is 2.22. The Labute approximate surface area is 101 Å². The fraction of sp³-hybridized carbons (Fsp3) is 0.417. The molecule has 0 aromatic heterocycles. The van der Waals surface area contributed by atoms with E-state index < -0.39 is 13.3 Å². The van der Waals surface area contributed by atoms with Gasteiger partial charge in [-0.15, -0.1) is 0 Å². The van der Waals surface area contributed by atoms with Gasteiger partial charge in [0.25, 0.3) is 0 Å². The molecular formula is C12H17O4P. The average molecular weight is 256 g/mol. The maximum atomic E-state index is 11.9. The van der Waals surface area contributed by atoms with Gasteiger partial charge in [-0.2, -0.15) is 0 Å². The molecular weight excluding hydrogens is 239 g/mol. The molecule has 0 aliphatic heterocycles. The fourth-order valence-corrected chi connectivity index (χ4v) is 2.93. The van der Waals surface area contributed by atoms with Gasteiger partial charge in [-0.25, -0.2) is 0 Å². The minimum atomic E-state index is -3.52. The SMILES string of the molecule is CCCc1ccc(P(=O)(O)CCC(=O)O)cc1. The smallest absolute Gasteiger partial charge is 0.303 e. The summed E-state index contributed by atoms with van der Waals surface area (Å²) in [6, 6.07) is 6.88. The molecule has 0 heterocycles. The second kappa shape index (κ2) is 5.99. The highest BCUT2D eigenvalue weighted by Crippen LogP contribution is 2.39. The summed E-state index contributed by atoms with van der Waals surface area (Å²) in [7, 11) is -3.52. The Morgan fingerprint density at radius 1 is 1.29 bits per heavy atom. The third-order valence-corrected chi connectivity index (χ3v) is 4.44. The Morgan fingerprint density at radius 3 is 2.35 bits per heavy atom. The lowest BCUT2D eigenvalue weighted by atomic mass is 10.1. The van der Waals surface area contributed by atoms with Gasteiger partial charge in [-0.3, -0.25) is 9.36 Å². The quantitative estimate of drug-likeness (QED) is 0.763. The molecule has 1 aromatic carbocycles.